The second-order valence-electron chi connectivity index (χ2n) is 3.86. The molecular formula is C12H11ClN2O. The van der Waals surface area contributed by atoms with E-state index >= 15 is 0 Å². The zero-order chi connectivity index (χ0) is 11.7. The molecule has 1 atom stereocenters. The number of hydrogen-bond acceptors (Lipinski definition) is 2. The third-order valence-electron chi connectivity index (χ3n) is 2.58. The van der Waals surface area contributed by atoms with E-state index in [0.717, 1.165) is 11.4 Å². The molecule has 0 aliphatic carbocycles. The average Bonchev–Trinajstić information content (AvgIpc) is 2.58. The lowest BCUT2D eigenvalue weighted by Crippen LogP contribution is -2.24. The van der Waals surface area contributed by atoms with E-state index in [1.807, 2.05) is 13.0 Å². The highest BCUT2D eigenvalue weighted by atomic mass is 35.5. The number of terminal acetylenes is 1. The Labute approximate surface area is 99.4 Å². The van der Waals surface area contributed by atoms with E-state index in [9.17, 15) is 4.79 Å². The first-order valence-corrected chi connectivity index (χ1v) is 5.38. The van der Waals surface area contributed by atoms with E-state index in [2.05, 4.69) is 10.9 Å². The molecule has 3 nitrogen and oxygen atoms in total. The zero-order valence-electron chi connectivity index (χ0n) is 8.90. The monoisotopic (exact) mass is 234 g/mol. The summed E-state index contributed by atoms with van der Waals surface area (Å²) >= 11 is 5.86. The van der Waals surface area contributed by atoms with Gasteiger partial charge in [-0.3, -0.25) is 4.79 Å². The largest absolute Gasteiger partial charge is 0.311 e. The van der Waals surface area contributed by atoms with Crippen molar-refractivity contribution < 1.29 is 4.79 Å². The van der Waals surface area contributed by atoms with Gasteiger partial charge in [0.25, 0.3) is 0 Å². The summed E-state index contributed by atoms with van der Waals surface area (Å²) in [4.78, 5) is 17.5. The van der Waals surface area contributed by atoms with Crippen LogP contribution < -0.4 is 4.90 Å². The highest BCUT2D eigenvalue weighted by Gasteiger charge is 2.29. The Bertz CT molecular complexity index is 458. The maximum atomic E-state index is 11.7. The Morgan fingerprint density at radius 2 is 2.38 bits per heavy atom. The van der Waals surface area contributed by atoms with Crippen molar-refractivity contribution in [1.82, 2.24) is 4.98 Å². The number of carbonyl (C=O) groups is 1. The van der Waals surface area contributed by atoms with E-state index in [0.29, 0.717) is 18.1 Å². The topological polar surface area (TPSA) is 33.2 Å². The van der Waals surface area contributed by atoms with E-state index < -0.39 is 0 Å². The molecule has 16 heavy (non-hydrogen) atoms. The molecule has 1 aromatic rings. The third-order valence-corrected chi connectivity index (χ3v) is 2.77. The molecule has 1 aromatic heterocycles. The molecule has 82 valence electrons. The van der Waals surface area contributed by atoms with E-state index in [4.69, 9.17) is 18.0 Å². The van der Waals surface area contributed by atoms with Gasteiger partial charge >= 0.3 is 0 Å². The van der Waals surface area contributed by atoms with Gasteiger partial charge in [-0.2, -0.15) is 0 Å². The Kier molecular flexibility index (Phi) is 2.84. The summed E-state index contributed by atoms with van der Waals surface area (Å²) in [7, 11) is 0. The van der Waals surface area contributed by atoms with Crippen LogP contribution in [-0.2, 0) is 4.79 Å². The van der Waals surface area contributed by atoms with Gasteiger partial charge in [-0.05, 0) is 19.1 Å². The van der Waals surface area contributed by atoms with Crippen LogP contribution >= 0.6 is 11.6 Å². The molecule has 0 radical (unpaired) electrons. The van der Waals surface area contributed by atoms with Crippen molar-refractivity contribution in [3.63, 3.8) is 0 Å². The standard InChI is InChI=1S/C12H11ClN2O/c1-3-9-5-12(16)15(7-9)10-4-8(2)14-11(13)6-10/h1,4,6,9H,5,7H2,2H3. The van der Waals surface area contributed by atoms with Crippen molar-refractivity contribution in [3.05, 3.63) is 23.0 Å². The summed E-state index contributed by atoms with van der Waals surface area (Å²) < 4.78 is 0. The third kappa shape index (κ3) is 2.02. The molecule has 0 saturated carbocycles. The van der Waals surface area contributed by atoms with Crippen LogP contribution in [0, 0.1) is 25.2 Å². The van der Waals surface area contributed by atoms with Crippen LogP contribution in [0.25, 0.3) is 0 Å². The fourth-order valence-electron chi connectivity index (χ4n) is 1.84. The summed E-state index contributed by atoms with van der Waals surface area (Å²) in [6.07, 6.45) is 5.74. The lowest BCUT2D eigenvalue weighted by atomic mass is 10.1. The SMILES string of the molecule is C#CC1CC(=O)N(c2cc(C)nc(Cl)c2)C1. The molecule has 0 bridgehead atoms. The van der Waals surface area contributed by atoms with Crippen LogP contribution in [0.15, 0.2) is 12.1 Å². The number of aromatic nitrogens is 1. The van der Waals surface area contributed by atoms with Gasteiger partial charge in [0.1, 0.15) is 5.15 Å². The lowest BCUT2D eigenvalue weighted by Gasteiger charge is -2.16. The van der Waals surface area contributed by atoms with Gasteiger partial charge in [-0.25, -0.2) is 4.98 Å². The Morgan fingerprint density at radius 1 is 1.62 bits per heavy atom. The van der Waals surface area contributed by atoms with Crippen molar-refractivity contribution in [2.75, 3.05) is 11.4 Å². The maximum Gasteiger partial charge on any atom is 0.228 e. The number of amides is 1. The van der Waals surface area contributed by atoms with Crippen molar-refractivity contribution in [1.29, 1.82) is 0 Å². The van der Waals surface area contributed by atoms with Crippen LogP contribution in [0.4, 0.5) is 5.69 Å². The van der Waals surface area contributed by atoms with E-state index in [-0.39, 0.29) is 11.8 Å². The Hall–Kier alpha value is -1.53. The molecule has 2 heterocycles. The number of pyridine rings is 1. The first-order valence-electron chi connectivity index (χ1n) is 5.01. The van der Waals surface area contributed by atoms with Crippen molar-refractivity contribution in [3.8, 4) is 12.3 Å². The highest BCUT2D eigenvalue weighted by molar-refractivity contribution is 6.29. The Balaban J connectivity index is 2.32. The fourth-order valence-corrected chi connectivity index (χ4v) is 2.08. The van der Waals surface area contributed by atoms with Crippen molar-refractivity contribution in [2.45, 2.75) is 13.3 Å². The predicted octanol–water partition coefficient (Wildman–Crippen LogP) is 2.03. The normalized spacial score (nSPS) is 19.9. The predicted molar refractivity (Wildman–Crippen MR) is 63.3 cm³/mol. The van der Waals surface area contributed by atoms with Gasteiger partial charge in [0.2, 0.25) is 5.91 Å². The van der Waals surface area contributed by atoms with E-state index in [1.165, 1.54) is 0 Å². The molecule has 1 saturated heterocycles. The number of aryl methyl sites for hydroxylation is 1. The molecule has 2 rings (SSSR count). The van der Waals surface area contributed by atoms with Gasteiger partial charge in [-0.15, -0.1) is 12.3 Å². The van der Waals surface area contributed by atoms with Crippen molar-refractivity contribution >= 4 is 23.2 Å². The minimum absolute atomic E-state index is 0.000234. The van der Waals surface area contributed by atoms with Crippen molar-refractivity contribution in [2.24, 2.45) is 5.92 Å². The molecule has 1 fully saturated rings. The Morgan fingerprint density at radius 3 is 2.94 bits per heavy atom. The minimum Gasteiger partial charge on any atom is -0.311 e. The number of anilines is 1. The quantitative estimate of drug-likeness (QED) is 0.550. The lowest BCUT2D eigenvalue weighted by molar-refractivity contribution is -0.117. The second-order valence-corrected chi connectivity index (χ2v) is 4.25. The number of halogens is 1. The molecule has 0 aromatic carbocycles. The van der Waals surface area contributed by atoms with E-state index in [1.54, 1.807) is 11.0 Å². The molecule has 1 unspecified atom stereocenters. The summed E-state index contributed by atoms with van der Waals surface area (Å²) in [5.74, 6) is 2.66. The highest BCUT2D eigenvalue weighted by Crippen LogP contribution is 2.26. The number of nitrogens with zero attached hydrogens (tertiary/aromatic N) is 2. The average molecular weight is 235 g/mol. The van der Waals surface area contributed by atoms with Crippen LogP contribution in [-0.4, -0.2) is 17.4 Å². The fraction of sp³-hybridized carbons (Fsp3) is 0.333. The smallest absolute Gasteiger partial charge is 0.228 e. The van der Waals surface area contributed by atoms with Gasteiger partial charge in [-0.1, -0.05) is 11.6 Å². The molecule has 0 spiro atoms. The van der Waals surface area contributed by atoms with Crippen LogP contribution in [0.5, 0.6) is 0 Å². The minimum atomic E-state index is -0.000234. The molecule has 0 N–H and O–H groups in total. The van der Waals surface area contributed by atoms with Gasteiger partial charge in [0, 0.05) is 30.3 Å². The first-order chi connectivity index (χ1) is 7.60. The molecule has 1 amide bonds. The molecule has 4 heteroatoms. The summed E-state index contributed by atoms with van der Waals surface area (Å²) in [6, 6.07) is 3.52. The summed E-state index contributed by atoms with van der Waals surface area (Å²) in [6.45, 7) is 2.41. The van der Waals surface area contributed by atoms with Gasteiger partial charge in [0.15, 0.2) is 0 Å². The van der Waals surface area contributed by atoms with Gasteiger partial charge < -0.3 is 4.90 Å². The zero-order valence-corrected chi connectivity index (χ0v) is 9.66. The maximum absolute atomic E-state index is 11.7. The van der Waals surface area contributed by atoms with Crippen LogP contribution in [0.2, 0.25) is 5.15 Å². The number of rotatable bonds is 1. The first kappa shape index (κ1) is 11.0. The summed E-state index contributed by atoms with van der Waals surface area (Å²) in [5.41, 5.74) is 1.57. The van der Waals surface area contributed by atoms with Gasteiger partial charge in [0.05, 0.1) is 0 Å². The van der Waals surface area contributed by atoms with Crippen LogP contribution in [0.3, 0.4) is 0 Å². The second kappa shape index (κ2) is 4.15. The van der Waals surface area contributed by atoms with Crippen LogP contribution in [0.1, 0.15) is 12.1 Å². The number of hydrogen-bond donors (Lipinski definition) is 0. The molecular weight excluding hydrogens is 224 g/mol. The number of carbonyl (C=O) groups excluding carboxylic acids is 1. The molecule has 1 aliphatic heterocycles. The molecule has 1 aliphatic rings. The summed E-state index contributed by atoms with van der Waals surface area (Å²) in [5, 5.41) is 0.395.